The van der Waals surface area contributed by atoms with Crippen LogP contribution in [-0.2, 0) is 11.2 Å². The van der Waals surface area contributed by atoms with Crippen molar-refractivity contribution in [2.45, 2.75) is 24.6 Å². The van der Waals surface area contributed by atoms with E-state index in [1.54, 1.807) is 0 Å². The lowest BCUT2D eigenvalue weighted by atomic mass is 10.1. The molecule has 1 aromatic rings. The number of alkyl halides is 1. The second-order valence-corrected chi connectivity index (χ2v) is 5.12. The fraction of sp³-hybridized carbons (Fsp3) is 0.417. The van der Waals surface area contributed by atoms with Crippen LogP contribution in [0.25, 0.3) is 0 Å². The minimum absolute atomic E-state index is 0.209. The van der Waals surface area contributed by atoms with Gasteiger partial charge in [-0.15, -0.1) is 0 Å². The number of carbonyl (C=O) groups is 1. The van der Waals surface area contributed by atoms with E-state index in [-0.39, 0.29) is 5.91 Å². The Labute approximate surface area is 98.4 Å². The summed E-state index contributed by atoms with van der Waals surface area (Å²) in [6, 6.07) is 8.23. The number of benzene rings is 1. The van der Waals surface area contributed by atoms with Crippen molar-refractivity contribution in [3.63, 3.8) is 0 Å². The summed E-state index contributed by atoms with van der Waals surface area (Å²) in [5.74, 6) is 0.209. The predicted octanol–water partition coefficient (Wildman–Crippen LogP) is 2.75. The smallest absolute Gasteiger partial charge is 0.228 e. The molecular weight excluding hydrogens is 254 g/mol. The van der Waals surface area contributed by atoms with Crippen molar-refractivity contribution in [3.05, 3.63) is 29.8 Å². The van der Waals surface area contributed by atoms with Crippen LogP contribution in [0.5, 0.6) is 0 Å². The van der Waals surface area contributed by atoms with Crippen molar-refractivity contribution in [2.24, 2.45) is 0 Å². The zero-order valence-corrected chi connectivity index (χ0v) is 10.3. The van der Waals surface area contributed by atoms with Crippen molar-refractivity contribution >= 4 is 27.5 Å². The SMILES string of the molecule is CCc1ccc(N2CC(Br)CC2=O)cc1. The van der Waals surface area contributed by atoms with Gasteiger partial charge in [-0.2, -0.15) is 0 Å². The number of aryl methyl sites for hydroxylation is 1. The van der Waals surface area contributed by atoms with Crippen molar-refractivity contribution < 1.29 is 4.79 Å². The summed E-state index contributed by atoms with van der Waals surface area (Å²) in [6.45, 7) is 2.91. The van der Waals surface area contributed by atoms with E-state index in [4.69, 9.17) is 0 Å². The van der Waals surface area contributed by atoms with Gasteiger partial charge in [-0.05, 0) is 24.1 Å². The maximum Gasteiger partial charge on any atom is 0.228 e. The zero-order chi connectivity index (χ0) is 10.8. The molecule has 15 heavy (non-hydrogen) atoms. The van der Waals surface area contributed by atoms with Crippen LogP contribution in [0.1, 0.15) is 18.9 Å². The number of hydrogen-bond donors (Lipinski definition) is 0. The van der Waals surface area contributed by atoms with Gasteiger partial charge in [0.25, 0.3) is 0 Å². The van der Waals surface area contributed by atoms with E-state index in [9.17, 15) is 4.79 Å². The van der Waals surface area contributed by atoms with Crippen LogP contribution in [0.3, 0.4) is 0 Å². The van der Waals surface area contributed by atoms with Gasteiger partial charge in [0.15, 0.2) is 0 Å². The second kappa shape index (κ2) is 4.35. The molecule has 1 heterocycles. The van der Waals surface area contributed by atoms with Gasteiger partial charge >= 0.3 is 0 Å². The first-order chi connectivity index (χ1) is 7.20. The van der Waals surface area contributed by atoms with Crippen molar-refractivity contribution in [1.82, 2.24) is 0 Å². The molecule has 0 spiro atoms. The first-order valence-electron chi connectivity index (χ1n) is 5.24. The summed E-state index contributed by atoms with van der Waals surface area (Å²) >= 11 is 3.48. The highest BCUT2D eigenvalue weighted by Crippen LogP contribution is 2.25. The van der Waals surface area contributed by atoms with Crippen molar-refractivity contribution in [3.8, 4) is 0 Å². The zero-order valence-electron chi connectivity index (χ0n) is 8.74. The molecule has 1 saturated heterocycles. The topological polar surface area (TPSA) is 20.3 Å². The van der Waals surface area contributed by atoms with Crippen LogP contribution in [0.2, 0.25) is 0 Å². The molecule has 0 aliphatic carbocycles. The Bertz CT molecular complexity index is 360. The Hall–Kier alpha value is -0.830. The molecule has 1 atom stereocenters. The van der Waals surface area contributed by atoms with Crippen LogP contribution in [-0.4, -0.2) is 17.3 Å². The van der Waals surface area contributed by atoms with Gasteiger partial charge in [0.1, 0.15) is 0 Å². The van der Waals surface area contributed by atoms with Crippen LogP contribution < -0.4 is 4.90 Å². The largest absolute Gasteiger partial charge is 0.311 e. The van der Waals surface area contributed by atoms with Crippen LogP contribution in [0.15, 0.2) is 24.3 Å². The highest BCUT2D eigenvalue weighted by molar-refractivity contribution is 9.09. The monoisotopic (exact) mass is 267 g/mol. The van der Waals surface area contributed by atoms with Gasteiger partial charge in [0.2, 0.25) is 5.91 Å². The number of carbonyl (C=O) groups excluding carboxylic acids is 1. The molecule has 0 N–H and O–H groups in total. The number of halogens is 1. The highest BCUT2D eigenvalue weighted by Gasteiger charge is 2.28. The van der Waals surface area contributed by atoms with Crippen molar-refractivity contribution in [2.75, 3.05) is 11.4 Å². The maximum atomic E-state index is 11.6. The standard InChI is InChI=1S/C12H14BrNO/c1-2-9-3-5-11(6-4-9)14-8-10(13)7-12(14)15/h3-6,10H,2,7-8H2,1H3. The quantitative estimate of drug-likeness (QED) is 0.755. The van der Waals surface area contributed by atoms with E-state index >= 15 is 0 Å². The number of rotatable bonds is 2. The molecule has 3 heteroatoms. The first kappa shape index (κ1) is 10.7. The number of amides is 1. The van der Waals surface area contributed by atoms with Crippen LogP contribution >= 0.6 is 15.9 Å². The molecule has 80 valence electrons. The number of nitrogens with zero attached hydrogens (tertiary/aromatic N) is 1. The second-order valence-electron chi connectivity index (χ2n) is 3.83. The molecule has 1 unspecified atom stereocenters. The molecule has 1 aliphatic rings. The molecule has 1 amide bonds. The number of hydrogen-bond acceptors (Lipinski definition) is 1. The summed E-state index contributed by atoms with van der Waals surface area (Å²) in [7, 11) is 0. The minimum atomic E-state index is 0.209. The summed E-state index contributed by atoms with van der Waals surface area (Å²) in [5, 5.41) is 0. The molecule has 2 nitrogen and oxygen atoms in total. The summed E-state index contributed by atoms with van der Waals surface area (Å²) in [6.07, 6.45) is 1.64. The maximum absolute atomic E-state index is 11.6. The normalized spacial score (nSPS) is 21.1. The van der Waals surface area contributed by atoms with Gasteiger partial charge in [-0.1, -0.05) is 35.0 Å². The fourth-order valence-electron chi connectivity index (χ4n) is 1.83. The molecule has 2 rings (SSSR count). The van der Waals surface area contributed by atoms with Gasteiger partial charge in [0.05, 0.1) is 0 Å². The van der Waals surface area contributed by atoms with Crippen molar-refractivity contribution in [1.29, 1.82) is 0 Å². The van der Waals surface area contributed by atoms with Gasteiger partial charge in [-0.3, -0.25) is 4.79 Å². The van der Waals surface area contributed by atoms with Crippen LogP contribution in [0.4, 0.5) is 5.69 Å². The Morgan fingerprint density at radius 2 is 2.07 bits per heavy atom. The lowest BCUT2D eigenvalue weighted by Gasteiger charge is -2.16. The third-order valence-electron chi connectivity index (χ3n) is 2.73. The Morgan fingerprint density at radius 3 is 2.53 bits per heavy atom. The summed E-state index contributed by atoms with van der Waals surface area (Å²) in [5.41, 5.74) is 2.32. The van der Waals surface area contributed by atoms with E-state index in [0.717, 1.165) is 18.7 Å². The molecule has 0 bridgehead atoms. The van der Waals surface area contributed by atoms with Gasteiger partial charge < -0.3 is 4.90 Å². The third kappa shape index (κ3) is 2.23. The third-order valence-corrected chi connectivity index (χ3v) is 3.35. The lowest BCUT2D eigenvalue weighted by Crippen LogP contribution is -2.24. The molecule has 1 aliphatic heterocycles. The predicted molar refractivity (Wildman–Crippen MR) is 65.5 cm³/mol. The molecule has 1 aromatic carbocycles. The van der Waals surface area contributed by atoms with Gasteiger partial charge in [-0.25, -0.2) is 0 Å². The van der Waals surface area contributed by atoms with E-state index in [0.29, 0.717) is 11.2 Å². The Kier molecular flexibility index (Phi) is 3.10. The number of anilines is 1. The molecule has 0 saturated carbocycles. The van der Waals surface area contributed by atoms with E-state index < -0.39 is 0 Å². The van der Waals surface area contributed by atoms with E-state index in [1.165, 1.54) is 5.56 Å². The Balaban J connectivity index is 2.19. The van der Waals surface area contributed by atoms with Crippen LogP contribution in [0, 0.1) is 0 Å². The summed E-state index contributed by atoms with van der Waals surface area (Å²) < 4.78 is 0. The molecule has 1 fully saturated rings. The molecule has 0 aromatic heterocycles. The lowest BCUT2D eigenvalue weighted by molar-refractivity contribution is -0.117. The first-order valence-corrected chi connectivity index (χ1v) is 6.15. The Morgan fingerprint density at radius 1 is 1.40 bits per heavy atom. The van der Waals surface area contributed by atoms with E-state index in [2.05, 4.69) is 35.0 Å². The average Bonchev–Trinajstić information content (AvgIpc) is 2.58. The van der Waals surface area contributed by atoms with Gasteiger partial charge in [0, 0.05) is 23.5 Å². The highest BCUT2D eigenvalue weighted by atomic mass is 79.9. The summed E-state index contributed by atoms with van der Waals surface area (Å²) in [4.78, 5) is 13.8. The minimum Gasteiger partial charge on any atom is -0.311 e. The van der Waals surface area contributed by atoms with E-state index in [1.807, 2.05) is 17.0 Å². The average molecular weight is 268 g/mol. The fourth-order valence-corrected chi connectivity index (χ4v) is 2.39. The molecule has 0 radical (unpaired) electrons. The molecular formula is C12H14BrNO.